The normalized spacial score (nSPS) is 17.9. The molecule has 0 atom stereocenters. The van der Waals surface area contributed by atoms with Crippen LogP contribution in [-0.2, 0) is 14.3 Å². The molecule has 15 heavy (non-hydrogen) atoms. The topological polar surface area (TPSA) is 35.5 Å². The number of methoxy groups -OCH3 is 1. The molecule has 0 unspecified atom stereocenters. The van der Waals surface area contributed by atoms with Gasteiger partial charge in [0.05, 0.1) is 19.1 Å². The number of rotatable bonds is 7. The van der Waals surface area contributed by atoms with E-state index in [4.69, 9.17) is 4.74 Å². The molecule has 0 saturated heterocycles. The first-order valence-corrected chi connectivity index (χ1v) is 5.54. The zero-order valence-corrected chi connectivity index (χ0v) is 9.46. The number of allylic oxidation sites excluding steroid dienone is 1. The van der Waals surface area contributed by atoms with Crippen LogP contribution < -0.4 is 0 Å². The molecule has 0 heterocycles. The molecule has 0 aliphatic heterocycles. The van der Waals surface area contributed by atoms with Crippen LogP contribution in [0.15, 0.2) is 12.7 Å². The zero-order chi connectivity index (χ0) is 11.1. The summed E-state index contributed by atoms with van der Waals surface area (Å²) in [6.45, 7) is 4.37. The van der Waals surface area contributed by atoms with E-state index in [0.29, 0.717) is 13.0 Å². The minimum Gasteiger partial charge on any atom is -0.469 e. The molecule has 0 aromatic rings. The highest BCUT2D eigenvalue weighted by Crippen LogP contribution is 2.38. The number of esters is 1. The summed E-state index contributed by atoms with van der Waals surface area (Å²) in [4.78, 5) is 11.2. The lowest BCUT2D eigenvalue weighted by Gasteiger charge is -2.40. The maximum atomic E-state index is 11.2. The van der Waals surface area contributed by atoms with Crippen LogP contribution in [0.3, 0.4) is 0 Å². The minimum absolute atomic E-state index is 0.168. The van der Waals surface area contributed by atoms with Gasteiger partial charge in [0.1, 0.15) is 0 Å². The van der Waals surface area contributed by atoms with E-state index in [-0.39, 0.29) is 11.6 Å². The van der Waals surface area contributed by atoms with Crippen LogP contribution in [0.25, 0.3) is 0 Å². The Morgan fingerprint density at radius 2 is 2.27 bits per heavy atom. The highest BCUT2D eigenvalue weighted by atomic mass is 16.5. The Labute approximate surface area is 91.4 Å². The Kier molecular flexibility index (Phi) is 4.82. The second-order valence-corrected chi connectivity index (χ2v) is 4.07. The zero-order valence-electron chi connectivity index (χ0n) is 9.46. The molecule has 3 nitrogen and oxygen atoms in total. The van der Waals surface area contributed by atoms with Gasteiger partial charge in [-0.25, -0.2) is 0 Å². The van der Waals surface area contributed by atoms with Gasteiger partial charge in [0, 0.05) is 6.61 Å². The van der Waals surface area contributed by atoms with Gasteiger partial charge >= 0.3 is 5.97 Å². The van der Waals surface area contributed by atoms with Crippen molar-refractivity contribution < 1.29 is 14.3 Å². The number of hydrogen-bond donors (Lipinski definition) is 0. The largest absolute Gasteiger partial charge is 0.469 e. The fourth-order valence-corrected chi connectivity index (χ4v) is 1.79. The fourth-order valence-electron chi connectivity index (χ4n) is 1.79. The summed E-state index contributed by atoms with van der Waals surface area (Å²) in [5.74, 6) is -0.168. The quantitative estimate of drug-likeness (QED) is 0.369. The minimum atomic E-state index is -0.214. The van der Waals surface area contributed by atoms with E-state index in [9.17, 15) is 4.79 Å². The smallest absolute Gasteiger partial charge is 0.308 e. The Hall–Kier alpha value is -0.830. The van der Waals surface area contributed by atoms with E-state index in [2.05, 4.69) is 11.3 Å². The van der Waals surface area contributed by atoms with Crippen molar-refractivity contribution in [1.29, 1.82) is 0 Å². The molecule has 1 aliphatic carbocycles. The third-order valence-corrected chi connectivity index (χ3v) is 2.92. The Bertz CT molecular complexity index is 219. The van der Waals surface area contributed by atoms with Crippen molar-refractivity contribution in [2.45, 2.75) is 44.1 Å². The van der Waals surface area contributed by atoms with E-state index in [1.807, 2.05) is 6.08 Å². The predicted octanol–water partition coefficient (Wildman–Crippen LogP) is 2.46. The molecule has 0 spiro atoms. The summed E-state index contributed by atoms with van der Waals surface area (Å²) in [7, 11) is 1.42. The van der Waals surface area contributed by atoms with Gasteiger partial charge in [0.15, 0.2) is 0 Å². The SMILES string of the molecule is C=CCCCOC1(CC(=O)OC)CCC1. The second-order valence-electron chi connectivity index (χ2n) is 4.07. The predicted molar refractivity (Wildman–Crippen MR) is 58.6 cm³/mol. The lowest BCUT2D eigenvalue weighted by atomic mass is 9.77. The van der Waals surface area contributed by atoms with Gasteiger partial charge in [-0.05, 0) is 32.1 Å². The molecule has 1 rings (SSSR count). The molecule has 1 fully saturated rings. The molecule has 0 radical (unpaired) electrons. The molecule has 86 valence electrons. The lowest BCUT2D eigenvalue weighted by Crippen LogP contribution is -2.42. The van der Waals surface area contributed by atoms with Crippen LogP contribution in [0.2, 0.25) is 0 Å². The van der Waals surface area contributed by atoms with Gasteiger partial charge in [0.25, 0.3) is 0 Å². The summed E-state index contributed by atoms with van der Waals surface area (Å²) < 4.78 is 10.5. The summed E-state index contributed by atoms with van der Waals surface area (Å²) in [6, 6.07) is 0. The van der Waals surface area contributed by atoms with Crippen molar-refractivity contribution in [2.24, 2.45) is 0 Å². The Balaban J connectivity index is 2.26. The van der Waals surface area contributed by atoms with Crippen LogP contribution >= 0.6 is 0 Å². The van der Waals surface area contributed by atoms with Crippen LogP contribution in [0, 0.1) is 0 Å². The fraction of sp³-hybridized carbons (Fsp3) is 0.750. The van der Waals surface area contributed by atoms with Crippen molar-refractivity contribution in [1.82, 2.24) is 0 Å². The van der Waals surface area contributed by atoms with Crippen molar-refractivity contribution >= 4 is 5.97 Å². The van der Waals surface area contributed by atoms with Gasteiger partial charge < -0.3 is 9.47 Å². The van der Waals surface area contributed by atoms with E-state index in [1.54, 1.807) is 0 Å². The number of hydrogen-bond acceptors (Lipinski definition) is 3. The molecule has 1 aliphatic rings. The Morgan fingerprint density at radius 1 is 1.53 bits per heavy atom. The molecule has 0 bridgehead atoms. The number of carbonyl (C=O) groups is 1. The van der Waals surface area contributed by atoms with Gasteiger partial charge in [-0.15, -0.1) is 6.58 Å². The van der Waals surface area contributed by atoms with Crippen molar-refractivity contribution in [3.8, 4) is 0 Å². The van der Waals surface area contributed by atoms with E-state index >= 15 is 0 Å². The standard InChI is InChI=1S/C12H20O3/c1-3-4-5-9-15-12(7-6-8-12)10-11(13)14-2/h3H,1,4-10H2,2H3. The highest BCUT2D eigenvalue weighted by molar-refractivity contribution is 5.70. The van der Waals surface area contributed by atoms with Crippen molar-refractivity contribution in [3.05, 3.63) is 12.7 Å². The molecular formula is C12H20O3. The summed E-state index contributed by atoms with van der Waals surface area (Å²) in [6.07, 6.45) is 7.35. The number of ether oxygens (including phenoxy) is 2. The lowest BCUT2D eigenvalue weighted by molar-refractivity contribution is -0.157. The molecule has 0 amide bonds. The van der Waals surface area contributed by atoms with Crippen molar-refractivity contribution in [3.63, 3.8) is 0 Å². The van der Waals surface area contributed by atoms with Crippen LogP contribution in [-0.4, -0.2) is 25.3 Å². The summed E-state index contributed by atoms with van der Waals surface area (Å²) in [5, 5.41) is 0. The van der Waals surface area contributed by atoms with E-state index in [1.165, 1.54) is 7.11 Å². The van der Waals surface area contributed by atoms with Gasteiger partial charge in [-0.2, -0.15) is 0 Å². The third-order valence-electron chi connectivity index (χ3n) is 2.92. The highest BCUT2D eigenvalue weighted by Gasteiger charge is 2.40. The first-order valence-electron chi connectivity index (χ1n) is 5.54. The maximum absolute atomic E-state index is 11.2. The van der Waals surface area contributed by atoms with Gasteiger partial charge in [0.2, 0.25) is 0 Å². The van der Waals surface area contributed by atoms with Crippen LogP contribution in [0.5, 0.6) is 0 Å². The summed E-state index contributed by atoms with van der Waals surface area (Å²) >= 11 is 0. The van der Waals surface area contributed by atoms with Crippen LogP contribution in [0.4, 0.5) is 0 Å². The first kappa shape index (κ1) is 12.2. The van der Waals surface area contributed by atoms with E-state index in [0.717, 1.165) is 32.1 Å². The number of carbonyl (C=O) groups excluding carboxylic acids is 1. The van der Waals surface area contributed by atoms with Gasteiger partial charge in [-0.1, -0.05) is 6.08 Å². The van der Waals surface area contributed by atoms with Crippen LogP contribution in [0.1, 0.15) is 38.5 Å². The molecule has 0 aromatic carbocycles. The summed E-state index contributed by atoms with van der Waals surface area (Å²) in [5.41, 5.74) is -0.214. The molecule has 0 aromatic heterocycles. The number of unbranched alkanes of at least 4 members (excludes halogenated alkanes) is 1. The molecular weight excluding hydrogens is 192 g/mol. The van der Waals surface area contributed by atoms with Crippen molar-refractivity contribution in [2.75, 3.05) is 13.7 Å². The molecule has 1 saturated carbocycles. The monoisotopic (exact) mass is 212 g/mol. The first-order chi connectivity index (χ1) is 7.22. The maximum Gasteiger partial charge on any atom is 0.308 e. The molecule has 0 N–H and O–H groups in total. The molecule has 3 heteroatoms. The van der Waals surface area contributed by atoms with E-state index < -0.39 is 0 Å². The average molecular weight is 212 g/mol. The second kappa shape index (κ2) is 5.91. The average Bonchev–Trinajstić information content (AvgIpc) is 2.20. The van der Waals surface area contributed by atoms with Gasteiger partial charge in [-0.3, -0.25) is 4.79 Å². The Morgan fingerprint density at radius 3 is 2.73 bits per heavy atom. The third kappa shape index (κ3) is 3.67.